The monoisotopic (exact) mass is 377 g/mol. The maximum atomic E-state index is 12.0. The molecule has 23 heavy (non-hydrogen) atoms. The number of aryl methyl sites for hydroxylation is 1. The second kappa shape index (κ2) is 7.92. The van der Waals surface area contributed by atoms with Crippen LogP contribution in [0.15, 0.2) is 40.0 Å². The van der Waals surface area contributed by atoms with Crippen molar-refractivity contribution in [2.45, 2.75) is 13.8 Å². The SMILES string of the molecule is CCN(CC)c1ccc(/C=N\NC(=O)c2nn(C)cc2Br)cc1. The number of carbonyl (C=O) groups is 1. The molecule has 0 spiro atoms. The minimum atomic E-state index is -0.353. The lowest BCUT2D eigenvalue weighted by Crippen LogP contribution is -2.21. The van der Waals surface area contributed by atoms with Gasteiger partial charge in [0.25, 0.3) is 5.91 Å². The molecule has 0 aliphatic heterocycles. The van der Waals surface area contributed by atoms with Gasteiger partial charge in [-0.2, -0.15) is 10.2 Å². The number of nitrogens with one attached hydrogen (secondary N) is 1. The molecule has 0 saturated carbocycles. The van der Waals surface area contributed by atoms with E-state index in [2.05, 4.69) is 50.3 Å². The fourth-order valence-electron chi connectivity index (χ4n) is 2.19. The molecule has 1 aromatic carbocycles. The highest BCUT2D eigenvalue weighted by molar-refractivity contribution is 9.10. The minimum absolute atomic E-state index is 0.307. The summed E-state index contributed by atoms with van der Waals surface area (Å²) in [4.78, 5) is 14.2. The predicted molar refractivity (Wildman–Crippen MR) is 96.0 cm³/mol. The van der Waals surface area contributed by atoms with Crippen molar-refractivity contribution in [1.29, 1.82) is 0 Å². The maximum Gasteiger partial charge on any atom is 0.293 e. The number of aromatic nitrogens is 2. The van der Waals surface area contributed by atoms with Crippen LogP contribution in [-0.2, 0) is 7.05 Å². The van der Waals surface area contributed by atoms with Crippen LogP contribution in [0.4, 0.5) is 5.69 Å². The van der Waals surface area contributed by atoms with Gasteiger partial charge in [-0.15, -0.1) is 0 Å². The molecule has 0 fully saturated rings. The Hall–Kier alpha value is -2.15. The Morgan fingerprint density at radius 1 is 1.35 bits per heavy atom. The van der Waals surface area contributed by atoms with Crippen molar-refractivity contribution < 1.29 is 4.79 Å². The van der Waals surface area contributed by atoms with E-state index in [4.69, 9.17) is 0 Å². The topological polar surface area (TPSA) is 62.5 Å². The van der Waals surface area contributed by atoms with E-state index in [0.29, 0.717) is 10.2 Å². The number of hydrazone groups is 1. The number of benzene rings is 1. The molecule has 122 valence electrons. The summed E-state index contributed by atoms with van der Waals surface area (Å²) in [5.74, 6) is -0.353. The molecule has 0 bridgehead atoms. The Morgan fingerprint density at radius 2 is 2.00 bits per heavy atom. The van der Waals surface area contributed by atoms with Crippen molar-refractivity contribution in [2.75, 3.05) is 18.0 Å². The van der Waals surface area contributed by atoms with Gasteiger partial charge in [0.05, 0.1) is 10.7 Å². The lowest BCUT2D eigenvalue weighted by molar-refractivity contribution is 0.0948. The second-order valence-electron chi connectivity index (χ2n) is 4.96. The fraction of sp³-hybridized carbons (Fsp3) is 0.312. The first-order valence-corrected chi connectivity index (χ1v) is 8.22. The van der Waals surface area contributed by atoms with Gasteiger partial charge < -0.3 is 4.90 Å². The standard InChI is InChI=1S/C16H20BrN5O/c1-4-22(5-2)13-8-6-12(7-9-13)10-18-19-16(23)15-14(17)11-21(3)20-15/h6-11H,4-5H2,1-3H3,(H,19,23)/b18-10-. The van der Waals surface area contributed by atoms with Gasteiger partial charge in [-0.05, 0) is 47.5 Å². The van der Waals surface area contributed by atoms with Crippen LogP contribution in [0.2, 0.25) is 0 Å². The predicted octanol–water partition coefficient (Wildman–Crippen LogP) is 2.79. The highest BCUT2D eigenvalue weighted by Gasteiger charge is 2.13. The molecule has 0 radical (unpaired) electrons. The Labute approximate surface area is 144 Å². The van der Waals surface area contributed by atoms with E-state index in [0.717, 1.165) is 18.7 Å². The van der Waals surface area contributed by atoms with Crippen molar-refractivity contribution >= 4 is 33.7 Å². The summed E-state index contributed by atoms with van der Waals surface area (Å²) in [7, 11) is 1.75. The van der Waals surface area contributed by atoms with Crippen molar-refractivity contribution in [3.8, 4) is 0 Å². The molecular weight excluding hydrogens is 358 g/mol. The van der Waals surface area contributed by atoms with Gasteiger partial charge in [-0.25, -0.2) is 5.43 Å². The van der Waals surface area contributed by atoms with Crippen LogP contribution in [0, 0.1) is 0 Å². The van der Waals surface area contributed by atoms with Crippen LogP contribution in [0.25, 0.3) is 0 Å². The summed E-state index contributed by atoms with van der Waals surface area (Å²) >= 11 is 3.29. The number of hydrogen-bond acceptors (Lipinski definition) is 4. The molecule has 1 aromatic heterocycles. The average molecular weight is 378 g/mol. The molecule has 0 atom stereocenters. The first kappa shape index (κ1) is 17.2. The number of halogens is 1. The first-order valence-electron chi connectivity index (χ1n) is 7.42. The molecule has 1 heterocycles. The molecule has 0 unspecified atom stereocenters. The van der Waals surface area contributed by atoms with Crippen LogP contribution in [-0.4, -0.2) is 35.0 Å². The molecule has 0 saturated heterocycles. The number of amides is 1. The zero-order valence-electron chi connectivity index (χ0n) is 13.5. The molecule has 2 aromatic rings. The number of carbonyl (C=O) groups excluding carboxylic acids is 1. The summed E-state index contributed by atoms with van der Waals surface area (Å²) in [6, 6.07) is 8.04. The Balaban J connectivity index is 1.98. The van der Waals surface area contributed by atoms with Crippen molar-refractivity contribution in [1.82, 2.24) is 15.2 Å². The third-order valence-corrected chi connectivity index (χ3v) is 3.98. The number of anilines is 1. The molecule has 1 amide bonds. The van der Waals surface area contributed by atoms with Gasteiger partial charge in [0.1, 0.15) is 0 Å². The summed E-state index contributed by atoms with van der Waals surface area (Å²) in [6.07, 6.45) is 3.32. The van der Waals surface area contributed by atoms with Crippen LogP contribution < -0.4 is 10.3 Å². The molecule has 0 aliphatic rings. The zero-order valence-corrected chi connectivity index (χ0v) is 15.0. The van der Waals surface area contributed by atoms with Crippen molar-refractivity contribution in [3.63, 3.8) is 0 Å². The minimum Gasteiger partial charge on any atom is -0.372 e. The molecule has 7 heteroatoms. The van der Waals surface area contributed by atoms with E-state index in [1.165, 1.54) is 5.69 Å². The van der Waals surface area contributed by atoms with E-state index in [1.807, 2.05) is 24.3 Å². The van der Waals surface area contributed by atoms with Crippen molar-refractivity contribution in [2.24, 2.45) is 12.1 Å². The molecule has 1 N–H and O–H groups in total. The smallest absolute Gasteiger partial charge is 0.293 e. The highest BCUT2D eigenvalue weighted by atomic mass is 79.9. The van der Waals surface area contributed by atoms with E-state index < -0.39 is 0 Å². The van der Waals surface area contributed by atoms with E-state index in [1.54, 1.807) is 24.1 Å². The normalized spacial score (nSPS) is 11.0. The lowest BCUT2D eigenvalue weighted by atomic mass is 10.2. The van der Waals surface area contributed by atoms with Crippen molar-refractivity contribution in [3.05, 3.63) is 46.2 Å². The largest absolute Gasteiger partial charge is 0.372 e. The number of nitrogens with zero attached hydrogens (tertiary/aromatic N) is 4. The quantitative estimate of drug-likeness (QED) is 0.621. The summed E-state index contributed by atoms with van der Waals surface area (Å²) in [6.45, 7) is 6.20. The average Bonchev–Trinajstić information content (AvgIpc) is 2.88. The summed E-state index contributed by atoms with van der Waals surface area (Å²) in [5, 5.41) is 8.04. The highest BCUT2D eigenvalue weighted by Crippen LogP contribution is 2.15. The third-order valence-electron chi connectivity index (χ3n) is 3.40. The Kier molecular flexibility index (Phi) is 5.92. The zero-order chi connectivity index (χ0) is 16.8. The molecule has 2 rings (SSSR count). The third kappa shape index (κ3) is 4.41. The van der Waals surface area contributed by atoms with Crippen LogP contribution in [0.3, 0.4) is 0 Å². The summed E-state index contributed by atoms with van der Waals surface area (Å²) in [5.41, 5.74) is 4.88. The van der Waals surface area contributed by atoms with E-state index >= 15 is 0 Å². The van der Waals surface area contributed by atoms with Crippen LogP contribution in [0.5, 0.6) is 0 Å². The van der Waals surface area contributed by atoms with E-state index in [9.17, 15) is 4.79 Å². The molecule has 0 aliphatic carbocycles. The van der Waals surface area contributed by atoms with Crippen LogP contribution in [0.1, 0.15) is 29.9 Å². The first-order chi connectivity index (χ1) is 11.0. The molecular formula is C16H20BrN5O. The Bertz CT molecular complexity index is 689. The lowest BCUT2D eigenvalue weighted by Gasteiger charge is -2.20. The summed E-state index contributed by atoms with van der Waals surface area (Å²) < 4.78 is 2.20. The van der Waals surface area contributed by atoms with Gasteiger partial charge in [0.2, 0.25) is 0 Å². The van der Waals surface area contributed by atoms with Gasteiger partial charge in [0, 0.05) is 32.0 Å². The second-order valence-corrected chi connectivity index (χ2v) is 5.82. The van der Waals surface area contributed by atoms with Gasteiger partial charge in [0.15, 0.2) is 5.69 Å². The van der Waals surface area contributed by atoms with E-state index in [-0.39, 0.29) is 5.91 Å². The Morgan fingerprint density at radius 3 is 2.52 bits per heavy atom. The number of hydrogen-bond donors (Lipinski definition) is 1. The molecule has 6 nitrogen and oxygen atoms in total. The number of rotatable bonds is 6. The van der Waals surface area contributed by atoms with Crippen LogP contribution >= 0.6 is 15.9 Å². The fourth-order valence-corrected chi connectivity index (χ4v) is 2.75. The van der Waals surface area contributed by atoms with Gasteiger partial charge in [-0.3, -0.25) is 9.48 Å². The maximum absolute atomic E-state index is 12.0. The van der Waals surface area contributed by atoms with Gasteiger partial charge in [-0.1, -0.05) is 12.1 Å². The van der Waals surface area contributed by atoms with Gasteiger partial charge >= 0.3 is 0 Å².